The van der Waals surface area contributed by atoms with E-state index < -0.39 is 5.97 Å². The lowest BCUT2D eigenvalue weighted by Crippen LogP contribution is -2.11. The van der Waals surface area contributed by atoms with Crippen molar-refractivity contribution in [1.29, 1.82) is 0 Å². The molecule has 0 atom stereocenters. The molecule has 0 bridgehead atoms. The number of aliphatic carboxylic acids is 1. The van der Waals surface area contributed by atoms with Crippen LogP contribution in [-0.2, 0) is 10.2 Å². The predicted molar refractivity (Wildman–Crippen MR) is 75.2 cm³/mol. The first kappa shape index (κ1) is 15.0. The van der Waals surface area contributed by atoms with Crippen LogP contribution in [0.2, 0.25) is 0 Å². The van der Waals surface area contributed by atoms with Crippen LogP contribution in [0.4, 0.5) is 0 Å². The molecule has 0 saturated carbocycles. The highest BCUT2D eigenvalue weighted by atomic mass is 79.9. The zero-order valence-electron chi connectivity index (χ0n) is 11.0. The molecular formula is C14H19BrO3. The van der Waals surface area contributed by atoms with Crippen molar-refractivity contribution in [3.63, 3.8) is 0 Å². The van der Waals surface area contributed by atoms with Crippen molar-refractivity contribution in [2.45, 2.75) is 39.0 Å². The second kappa shape index (κ2) is 6.23. The number of halogens is 1. The van der Waals surface area contributed by atoms with Gasteiger partial charge in [-0.15, -0.1) is 0 Å². The Morgan fingerprint density at radius 2 is 2.06 bits per heavy atom. The topological polar surface area (TPSA) is 46.5 Å². The molecule has 18 heavy (non-hydrogen) atoms. The van der Waals surface area contributed by atoms with Crippen molar-refractivity contribution in [1.82, 2.24) is 0 Å². The Balaban J connectivity index is 2.60. The Morgan fingerprint density at radius 3 is 2.56 bits per heavy atom. The summed E-state index contributed by atoms with van der Waals surface area (Å²) in [5.74, 6) is -0.0332. The zero-order valence-corrected chi connectivity index (χ0v) is 12.6. The second-order valence-electron chi connectivity index (χ2n) is 5.24. The summed E-state index contributed by atoms with van der Waals surface area (Å²) in [6.07, 6.45) is 0.653. The van der Waals surface area contributed by atoms with Gasteiger partial charge in [-0.1, -0.05) is 26.8 Å². The quantitative estimate of drug-likeness (QED) is 0.836. The predicted octanol–water partition coefficient (Wildman–Crippen LogP) is 3.99. The number of carboxylic acids is 1. The maximum absolute atomic E-state index is 10.4. The lowest BCUT2D eigenvalue weighted by molar-refractivity contribution is -0.137. The minimum atomic E-state index is -0.791. The molecule has 0 spiro atoms. The lowest BCUT2D eigenvalue weighted by atomic mass is 9.87. The average Bonchev–Trinajstić information content (AvgIpc) is 2.24. The van der Waals surface area contributed by atoms with Crippen LogP contribution in [0.1, 0.15) is 39.2 Å². The van der Waals surface area contributed by atoms with Crippen molar-refractivity contribution in [2.24, 2.45) is 0 Å². The molecule has 0 amide bonds. The van der Waals surface area contributed by atoms with E-state index in [1.807, 2.05) is 18.2 Å². The summed E-state index contributed by atoms with van der Waals surface area (Å²) >= 11 is 3.48. The van der Waals surface area contributed by atoms with Gasteiger partial charge >= 0.3 is 5.97 Å². The highest BCUT2D eigenvalue weighted by Crippen LogP contribution is 2.31. The maximum atomic E-state index is 10.4. The molecule has 0 aliphatic rings. The standard InChI is InChI=1S/C14H19BrO3/c1-14(2,3)10-6-7-12(11(15)9-10)18-8-4-5-13(16)17/h6-7,9H,4-5,8H2,1-3H3,(H,16,17). The number of ether oxygens (including phenoxy) is 1. The fraction of sp³-hybridized carbons (Fsp3) is 0.500. The van der Waals surface area contributed by atoms with E-state index in [4.69, 9.17) is 9.84 Å². The zero-order chi connectivity index (χ0) is 13.8. The molecule has 0 heterocycles. The minimum absolute atomic E-state index is 0.102. The Kier molecular flexibility index (Phi) is 5.20. The van der Waals surface area contributed by atoms with Crippen LogP contribution in [0.15, 0.2) is 22.7 Å². The van der Waals surface area contributed by atoms with Crippen LogP contribution in [0.3, 0.4) is 0 Å². The lowest BCUT2D eigenvalue weighted by Gasteiger charge is -2.20. The van der Waals surface area contributed by atoms with Crippen molar-refractivity contribution in [3.8, 4) is 5.75 Å². The number of hydrogen-bond acceptors (Lipinski definition) is 2. The summed E-state index contributed by atoms with van der Waals surface area (Å²) in [4.78, 5) is 10.4. The molecule has 1 N–H and O–H groups in total. The Bertz CT molecular complexity index is 422. The summed E-state index contributed by atoms with van der Waals surface area (Å²) in [5.41, 5.74) is 1.33. The van der Waals surface area contributed by atoms with Crippen LogP contribution in [0, 0.1) is 0 Å². The van der Waals surface area contributed by atoms with Gasteiger partial charge in [-0.25, -0.2) is 0 Å². The number of carboxylic acid groups (broad SMARTS) is 1. The monoisotopic (exact) mass is 314 g/mol. The SMILES string of the molecule is CC(C)(C)c1ccc(OCCCC(=O)O)c(Br)c1. The highest BCUT2D eigenvalue weighted by molar-refractivity contribution is 9.10. The van der Waals surface area contributed by atoms with Crippen LogP contribution in [0.5, 0.6) is 5.75 Å². The highest BCUT2D eigenvalue weighted by Gasteiger charge is 2.15. The van der Waals surface area contributed by atoms with Crippen molar-refractivity contribution in [2.75, 3.05) is 6.61 Å². The Hall–Kier alpha value is -1.03. The molecule has 0 radical (unpaired) electrons. The molecule has 1 rings (SSSR count). The van der Waals surface area contributed by atoms with Gasteiger partial charge in [0.15, 0.2) is 0 Å². The van der Waals surface area contributed by atoms with Gasteiger partial charge in [0, 0.05) is 6.42 Å². The molecular weight excluding hydrogens is 296 g/mol. The molecule has 4 heteroatoms. The van der Waals surface area contributed by atoms with Gasteiger partial charge < -0.3 is 9.84 Å². The molecule has 0 saturated heterocycles. The molecule has 100 valence electrons. The van der Waals surface area contributed by atoms with Gasteiger partial charge in [-0.3, -0.25) is 4.79 Å². The van der Waals surface area contributed by atoms with Crippen molar-refractivity contribution in [3.05, 3.63) is 28.2 Å². The van der Waals surface area contributed by atoms with E-state index in [0.717, 1.165) is 10.2 Å². The van der Waals surface area contributed by atoms with E-state index in [1.165, 1.54) is 5.56 Å². The minimum Gasteiger partial charge on any atom is -0.492 e. The van der Waals surface area contributed by atoms with E-state index >= 15 is 0 Å². The van der Waals surface area contributed by atoms with Gasteiger partial charge in [0.25, 0.3) is 0 Å². The molecule has 1 aromatic rings. The summed E-state index contributed by atoms with van der Waals surface area (Å²) in [6, 6.07) is 6.01. The van der Waals surface area contributed by atoms with E-state index in [-0.39, 0.29) is 11.8 Å². The van der Waals surface area contributed by atoms with Gasteiger partial charge in [-0.2, -0.15) is 0 Å². The molecule has 1 aromatic carbocycles. The van der Waals surface area contributed by atoms with Crippen LogP contribution < -0.4 is 4.74 Å². The van der Waals surface area contributed by atoms with Crippen LogP contribution in [0.25, 0.3) is 0 Å². The fourth-order valence-electron chi connectivity index (χ4n) is 1.49. The third-order valence-electron chi connectivity index (χ3n) is 2.59. The number of carbonyl (C=O) groups is 1. The first-order valence-electron chi connectivity index (χ1n) is 5.95. The summed E-state index contributed by atoms with van der Waals surface area (Å²) in [5, 5.41) is 8.53. The summed E-state index contributed by atoms with van der Waals surface area (Å²) in [7, 11) is 0. The summed E-state index contributed by atoms with van der Waals surface area (Å²) in [6.45, 7) is 6.88. The van der Waals surface area contributed by atoms with Crippen LogP contribution in [-0.4, -0.2) is 17.7 Å². The molecule has 0 aliphatic carbocycles. The number of benzene rings is 1. The smallest absolute Gasteiger partial charge is 0.303 e. The Morgan fingerprint density at radius 1 is 1.39 bits per heavy atom. The van der Waals surface area contributed by atoms with E-state index in [1.54, 1.807) is 0 Å². The molecule has 0 aliphatic heterocycles. The Labute approximate surface area is 116 Å². The maximum Gasteiger partial charge on any atom is 0.303 e. The van der Waals surface area contributed by atoms with Crippen molar-refractivity contribution < 1.29 is 14.6 Å². The molecule has 0 unspecified atom stereocenters. The first-order valence-corrected chi connectivity index (χ1v) is 6.74. The van der Waals surface area contributed by atoms with Gasteiger partial charge in [0.2, 0.25) is 0 Å². The molecule has 0 fully saturated rings. The van der Waals surface area contributed by atoms with Crippen molar-refractivity contribution >= 4 is 21.9 Å². The fourth-order valence-corrected chi connectivity index (χ4v) is 1.98. The van der Waals surface area contributed by atoms with Crippen LogP contribution >= 0.6 is 15.9 Å². The van der Waals surface area contributed by atoms with E-state index in [0.29, 0.717) is 13.0 Å². The van der Waals surface area contributed by atoms with E-state index in [9.17, 15) is 4.79 Å². The third-order valence-corrected chi connectivity index (χ3v) is 3.21. The normalized spacial score (nSPS) is 11.3. The molecule has 3 nitrogen and oxygen atoms in total. The summed E-state index contributed by atoms with van der Waals surface area (Å²) < 4.78 is 6.45. The number of rotatable bonds is 5. The third kappa shape index (κ3) is 4.69. The largest absolute Gasteiger partial charge is 0.492 e. The first-order chi connectivity index (χ1) is 8.30. The van der Waals surface area contributed by atoms with Gasteiger partial charge in [0.1, 0.15) is 5.75 Å². The van der Waals surface area contributed by atoms with Gasteiger partial charge in [-0.05, 0) is 45.5 Å². The van der Waals surface area contributed by atoms with E-state index in [2.05, 4.69) is 36.7 Å². The van der Waals surface area contributed by atoms with Gasteiger partial charge in [0.05, 0.1) is 11.1 Å². The average molecular weight is 315 g/mol. The molecule has 0 aromatic heterocycles. The number of hydrogen-bond donors (Lipinski definition) is 1. The second-order valence-corrected chi connectivity index (χ2v) is 6.10.